The maximum atomic E-state index is 5.54. The molecule has 18 heavy (non-hydrogen) atoms. The van der Waals surface area contributed by atoms with Gasteiger partial charge in [0, 0.05) is 24.1 Å². The van der Waals surface area contributed by atoms with Crippen molar-refractivity contribution >= 4 is 11.8 Å². The molecule has 0 aliphatic heterocycles. The van der Waals surface area contributed by atoms with E-state index in [-0.39, 0.29) is 0 Å². The molecule has 0 spiro atoms. The summed E-state index contributed by atoms with van der Waals surface area (Å²) in [6, 6.07) is 3.92. The third kappa shape index (κ3) is 2.86. The van der Waals surface area contributed by atoms with Crippen molar-refractivity contribution in [2.45, 2.75) is 37.5 Å². The molecule has 0 aliphatic carbocycles. The van der Waals surface area contributed by atoms with Crippen molar-refractivity contribution in [2.75, 3.05) is 0 Å². The summed E-state index contributed by atoms with van der Waals surface area (Å²) in [5.74, 6) is 0. The lowest BCUT2D eigenvalue weighted by molar-refractivity contribution is 0.877. The van der Waals surface area contributed by atoms with Crippen LogP contribution in [-0.2, 0) is 6.54 Å². The van der Waals surface area contributed by atoms with Gasteiger partial charge in [0.25, 0.3) is 0 Å². The highest BCUT2D eigenvalue weighted by Crippen LogP contribution is 2.24. The van der Waals surface area contributed by atoms with Gasteiger partial charge in [0.15, 0.2) is 5.16 Å². The lowest BCUT2D eigenvalue weighted by Gasteiger charge is -2.06. The van der Waals surface area contributed by atoms with Gasteiger partial charge in [-0.1, -0.05) is 6.07 Å². The van der Waals surface area contributed by atoms with Gasteiger partial charge in [-0.25, -0.2) is 15.0 Å². The van der Waals surface area contributed by atoms with E-state index in [1.807, 2.05) is 32.9 Å². The second kappa shape index (κ2) is 5.46. The SMILES string of the molecule is Cc1nc(Sc2ccc(CN)cn2)nc(C)c1C. The fourth-order valence-corrected chi connectivity index (χ4v) is 2.27. The molecule has 2 N–H and O–H groups in total. The molecular formula is C13H16N4S. The van der Waals surface area contributed by atoms with E-state index in [9.17, 15) is 0 Å². The first-order valence-corrected chi connectivity index (χ1v) is 6.56. The van der Waals surface area contributed by atoms with Gasteiger partial charge in [-0.05, 0) is 49.7 Å². The summed E-state index contributed by atoms with van der Waals surface area (Å²) in [7, 11) is 0. The van der Waals surface area contributed by atoms with Crippen LogP contribution in [0.4, 0.5) is 0 Å². The predicted molar refractivity (Wildman–Crippen MR) is 72.5 cm³/mol. The highest BCUT2D eigenvalue weighted by Gasteiger charge is 2.06. The Balaban J connectivity index is 2.23. The summed E-state index contributed by atoms with van der Waals surface area (Å²) >= 11 is 1.47. The molecule has 0 aliphatic rings. The number of rotatable bonds is 3. The summed E-state index contributed by atoms with van der Waals surface area (Å²) in [6.07, 6.45) is 1.79. The smallest absolute Gasteiger partial charge is 0.194 e. The molecule has 0 saturated carbocycles. The van der Waals surface area contributed by atoms with Crippen LogP contribution in [0.5, 0.6) is 0 Å². The molecule has 0 aromatic carbocycles. The van der Waals surface area contributed by atoms with Gasteiger partial charge in [-0.3, -0.25) is 0 Å². The Hall–Kier alpha value is -1.46. The van der Waals surface area contributed by atoms with Gasteiger partial charge in [0.1, 0.15) is 5.03 Å². The Kier molecular flexibility index (Phi) is 3.93. The Bertz CT molecular complexity index is 528. The standard InChI is InChI=1S/C13H16N4S/c1-8-9(2)16-13(17-10(8)3)18-12-5-4-11(6-14)7-15-12/h4-5,7H,6,14H2,1-3H3. The molecule has 0 radical (unpaired) electrons. The first-order chi connectivity index (χ1) is 8.60. The van der Waals surface area contributed by atoms with Gasteiger partial charge in [-0.15, -0.1) is 0 Å². The van der Waals surface area contributed by atoms with Crippen LogP contribution >= 0.6 is 11.8 Å². The minimum Gasteiger partial charge on any atom is -0.326 e. The van der Waals surface area contributed by atoms with Gasteiger partial charge >= 0.3 is 0 Å². The predicted octanol–water partition coefficient (Wildman–Crippen LogP) is 2.41. The quantitative estimate of drug-likeness (QED) is 0.858. The van der Waals surface area contributed by atoms with Gasteiger partial charge in [0.05, 0.1) is 0 Å². The van der Waals surface area contributed by atoms with E-state index in [0.29, 0.717) is 6.54 Å². The Morgan fingerprint density at radius 2 is 1.78 bits per heavy atom. The number of hydrogen-bond acceptors (Lipinski definition) is 5. The van der Waals surface area contributed by atoms with Crippen LogP contribution in [-0.4, -0.2) is 15.0 Å². The van der Waals surface area contributed by atoms with Gasteiger partial charge < -0.3 is 5.73 Å². The molecule has 2 aromatic heterocycles. The molecule has 2 aromatic rings. The topological polar surface area (TPSA) is 64.7 Å². The largest absolute Gasteiger partial charge is 0.326 e. The molecule has 5 heteroatoms. The van der Waals surface area contributed by atoms with Crippen molar-refractivity contribution in [2.24, 2.45) is 5.73 Å². The maximum absolute atomic E-state index is 5.54. The van der Waals surface area contributed by atoms with Crippen molar-refractivity contribution in [3.05, 3.63) is 40.8 Å². The fraction of sp³-hybridized carbons (Fsp3) is 0.308. The third-order valence-corrected chi connectivity index (χ3v) is 3.66. The Labute approximate surface area is 111 Å². The summed E-state index contributed by atoms with van der Waals surface area (Å²) in [5, 5.41) is 1.62. The minimum atomic E-state index is 0.511. The zero-order valence-electron chi connectivity index (χ0n) is 10.8. The normalized spacial score (nSPS) is 10.7. The molecule has 0 amide bonds. The lowest BCUT2D eigenvalue weighted by Crippen LogP contribution is -1.99. The van der Waals surface area contributed by atoms with E-state index in [2.05, 4.69) is 15.0 Å². The van der Waals surface area contributed by atoms with E-state index < -0.39 is 0 Å². The van der Waals surface area contributed by atoms with E-state index in [1.54, 1.807) is 6.20 Å². The zero-order valence-corrected chi connectivity index (χ0v) is 11.6. The molecule has 0 saturated heterocycles. The molecule has 0 atom stereocenters. The molecular weight excluding hydrogens is 244 g/mol. The van der Waals surface area contributed by atoms with Crippen molar-refractivity contribution in [3.8, 4) is 0 Å². The Morgan fingerprint density at radius 1 is 1.11 bits per heavy atom. The monoisotopic (exact) mass is 260 g/mol. The van der Waals surface area contributed by atoms with E-state index in [4.69, 9.17) is 5.73 Å². The minimum absolute atomic E-state index is 0.511. The molecule has 0 bridgehead atoms. The van der Waals surface area contributed by atoms with E-state index in [1.165, 1.54) is 11.8 Å². The van der Waals surface area contributed by atoms with Crippen LogP contribution in [0.15, 0.2) is 28.5 Å². The van der Waals surface area contributed by atoms with Crippen LogP contribution in [0.1, 0.15) is 22.5 Å². The summed E-state index contributed by atoms with van der Waals surface area (Å²) in [4.78, 5) is 13.2. The molecule has 2 heterocycles. The molecule has 0 unspecified atom stereocenters. The first-order valence-electron chi connectivity index (χ1n) is 5.75. The van der Waals surface area contributed by atoms with Gasteiger partial charge in [-0.2, -0.15) is 0 Å². The van der Waals surface area contributed by atoms with Crippen molar-refractivity contribution in [3.63, 3.8) is 0 Å². The number of pyridine rings is 1. The second-order valence-electron chi connectivity index (χ2n) is 4.11. The summed E-state index contributed by atoms with van der Waals surface area (Å²) in [6.45, 7) is 6.54. The number of aryl methyl sites for hydroxylation is 2. The van der Waals surface area contributed by atoms with Crippen LogP contribution in [0.3, 0.4) is 0 Å². The average molecular weight is 260 g/mol. The summed E-state index contributed by atoms with van der Waals surface area (Å²) in [5.41, 5.74) is 9.74. The number of aromatic nitrogens is 3. The zero-order chi connectivity index (χ0) is 13.1. The van der Waals surface area contributed by atoms with Gasteiger partial charge in [0.2, 0.25) is 0 Å². The lowest BCUT2D eigenvalue weighted by atomic mass is 10.2. The number of hydrogen-bond donors (Lipinski definition) is 1. The molecule has 2 rings (SSSR count). The van der Waals surface area contributed by atoms with E-state index >= 15 is 0 Å². The molecule has 4 nitrogen and oxygen atoms in total. The van der Waals surface area contributed by atoms with E-state index in [0.717, 1.165) is 32.7 Å². The maximum Gasteiger partial charge on any atom is 0.194 e. The van der Waals surface area contributed by atoms with Crippen LogP contribution in [0.25, 0.3) is 0 Å². The fourth-order valence-electron chi connectivity index (χ4n) is 1.47. The second-order valence-corrected chi connectivity index (χ2v) is 5.10. The first kappa shape index (κ1) is 13.0. The Morgan fingerprint density at radius 3 is 2.28 bits per heavy atom. The number of nitrogens with two attached hydrogens (primary N) is 1. The van der Waals surface area contributed by atoms with Crippen LogP contribution in [0.2, 0.25) is 0 Å². The van der Waals surface area contributed by atoms with Crippen LogP contribution < -0.4 is 5.73 Å². The number of nitrogens with zero attached hydrogens (tertiary/aromatic N) is 3. The summed E-state index contributed by atoms with van der Waals surface area (Å²) < 4.78 is 0. The molecule has 94 valence electrons. The molecule has 0 fully saturated rings. The third-order valence-electron chi connectivity index (χ3n) is 2.84. The van der Waals surface area contributed by atoms with Crippen LogP contribution in [0, 0.1) is 20.8 Å². The average Bonchev–Trinajstić information content (AvgIpc) is 2.37. The van der Waals surface area contributed by atoms with Crippen molar-refractivity contribution in [1.29, 1.82) is 0 Å². The highest BCUT2D eigenvalue weighted by molar-refractivity contribution is 7.99. The van der Waals surface area contributed by atoms with Crippen molar-refractivity contribution in [1.82, 2.24) is 15.0 Å². The van der Waals surface area contributed by atoms with Crippen molar-refractivity contribution < 1.29 is 0 Å². The highest BCUT2D eigenvalue weighted by atomic mass is 32.2.